The van der Waals surface area contributed by atoms with Gasteiger partial charge in [-0.1, -0.05) is 0 Å². The number of hydrogen-bond donors (Lipinski definition) is 2. The van der Waals surface area contributed by atoms with E-state index in [4.69, 9.17) is 5.73 Å². The van der Waals surface area contributed by atoms with Crippen molar-refractivity contribution >= 4 is 23.0 Å². The number of halogens is 3. The van der Waals surface area contributed by atoms with Crippen LogP contribution in [0.5, 0.6) is 0 Å². The fourth-order valence-electron chi connectivity index (χ4n) is 1.75. The van der Waals surface area contributed by atoms with Gasteiger partial charge in [0.25, 0.3) is 11.6 Å². The number of anilines is 2. The largest absolute Gasteiger partial charge is 0.408 e. The lowest BCUT2D eigenvalue weighted by Crippen LogP contribution is -2.18. The monoisotopic (exact) mass is 329 g/mol. The van der Waals surface area contributed by atoms with Crippen LogP contribution >= 0.6 is 0 Å². The van der Waals surface area contributed by atoms with Crippen molar-refractivity contribution in [3.05, 3.63) is 46.3 Å². The molecule has 0 spiro atoms. The smallest absolute Gasteiger partial charge is 0.398 e. The predicted octanol–water partition coefficient (Wildman–Crippen LogP) is 2.19. The first-order chi connectivity index (χ1) is 10.7. The molecule has 1 heterocycles. The molecule has 0 aliphatic heterocycles. The Balaban J connectivity index is 2.16. The van der Waals surface area contributed by atoms with Crippen LogP contribution in [0.15, 0.2) is 30.6 Å². The summed E-state index contributed by atoms with van der Waals surface area (Å²) in [7, 11) is 0. The molecule has 0 saturated carbocycles. The summed E-state index contributed by atoms with van der Waals surface area (Å²) in [5.41, 5.74) is 5.08. The predicted molar refractivity (Wildman–Crippen MR) is 73.7 cm³/mol. The number of hydrogen-bond acceptors (Lipinski definition) is 5. The summed E-state index contributed by atoms with van der Waals surface area (Å²) >= 11 is 0. The molecule has 122 valence electrons. The quantitative estimate of drug-likeness (QED) is 0.507. The van der Waals surface area contributed by atoms with Crippen LogP contribution < -0.4 is 11.1 Å². The van der Waals surface area contributed by atoms with Crippen LogP contribution in [0.4, 0.5) is 30.2 Å². The first-order valence-corrected chi connectivity index (χ1v) is 6.10. The second kappa shape index (κ2) is 5.94. The molecule has 0 aliphatic rings. The highest BCUT2D eigenvalue weighted by molar-refractivity contribution is 6.08. The van der Waals surface area contributed by atoms with Crippen molar-refractivity contribution in [3.8, 4) is 0 Å². The number of amides is 1. The number of carbonyl (C=O) groups is 1. The van der Waals surface area contributed by atoms with E-state index >= 15 is 0 Å². The molecule has 0 radical (unpaired) electrons. The molecule has 1 aromatic heterocycles. The van der Waals surface area contributed by atoms with E-state index in [-0.39, 0.29) is 22.6 Å². The van der Waals surface area contributed by atoms with E-state index in [2.05, 4.69) is 10.4 Å². The van der Waals surface area contributed by atoms with Crippen LogP contribution in [-0.4, -0.2) is 26.8 Å². The second-order valence-corrected chi connectivity index (χ2v) is 4.52. The molecule has 0 fully saturated rings. The molecule has 0 bridgehead atoms. The van der Waals surface area contributed by atoms with Crippen LogP contribution in [0.1, 0.15) is 10.4 Å². The first kappa shape index (κ1) is 16.3. The second-order valence-electron chi connectivity index (χ2n) is 4.52. The molecule has 8 nitrogen and oxygen atoms in total. The molecule has 0 saturated heterocycles. The van der Waals surface area contributed by atoms with E-state index in [1.165, 1.54) is 6.07 Å². The van der Waals surface area contributed by atoms with Crippen molar-refractivity contribution < 1.29 is 22.9 Å². The highest BCUT2D eigenvalue weighted by atomic mass is 19.4. The van der Waals surface area contributed by atoms with Gasteiger partial charge in [0.1, 0.15) is 6.54 Å². The minimum absolute atomic E-state index is 0.00390. The van der Waals surface area contributed by atoms with E-state index in [0.717, 1.165) is 24.5 Å². The average Bonchev–Trinajstić information content (AvgIpc) is 2.83. The fraction of sp³-hybridized carbons (Fsp3) is 0.167. The summed E-state index contributed by atoms with van der Waals surface area (Å²) in [5, 5.41) is 16.4. The van der Waals surface area contributed by atoms with Crippen molar-refractivity contribution in [1.82, 2.24) is 9.78 Å². The SMILES string of the molecule is Nc1ccc([N+](=O)[O-])cc1C(=O)Nc1cnn(CC(F)(F)F)c1. The van der Waals surface area contributed by atoms with Crippen molar-refractivity contribution in [1.29, 1.82) is 0 Å². The Hall–Kier alpha value is -3.11. The van der Waals surface area contributed by atoms with E-state index in [9.17, 15) is 28.1 Å². The van der Waals surface area contributed by atoms with Gasteiger partial charge < -0.3 is 11.1 Å². The Morgan fingerprint density at radius 1 is 1.43 bits per heavy atom. The Morgan fingerprint density at radius 3 is 2.74 bits per heavy atom. The third-order valence-corrected chi connectivity index (χ3v) is 2.72. The van der Waals surface area contributed by atoms with Crippen LogP contribution in [-0.2, 0) is 6.54 Å². The van der Waals surface area contributed by atoms with Gasteiger partial charge in [0, 0.05) is 24.0 Å². The summed E-state index contributed by atoms with van der Waals surface area (Å²) in [6.07, 6.45) is -2.44. The Morgan fingerprint density at radius 2 is 2.13 bits per heavy atom. The lowest BCUT2D eigenvalue weighted by molar-refractivity contribution is -0.384. The molecule has 23 heavy (non-hydrogen) atoms. The number of nitrogens with zero attached hydrogens (tertiary/aromatic N) is 3. The van der Waals surface area contributed by atoms with E-state index in [1.54, 1.807) is 0 Å². The van der Waals surface area contributed by atoms with Gasteiger partial charge in [-0.05, 0) is 6.07 Å². The highest BCUT2D eigenvalue weighted by Gasteiger charge is 2.28. The van der Waals surface area contributed by atoms with Gasteiger partial charge in [-0.2, -0.15) is 18.3 Å². The summed E-state index contributed by atoms with van der Waals surface area (Å²) in [6, 6.07) is 3.30. The highest BCUT2D eigenvalue weighted by Crippen LogP contribution is 2.22. The number of nitro groups is 1. The number of nitrogens with one attached hydrogen (secondary N) is 1. The van der Waals surface area contributed by atoms with Gasteiger partial charge in [-0.25, -0.2) is 0 Å². The minimum Gasteiger partial charge on any atom is -0.398 e. The summed E-state index contributed by atoms with van der Waals surface area (Å²) in [4.78, 5) is 22.0. The van der Waals surface area contributed by atoms with Crippen molar-refractivity contribution in [2.24, 2.45) is 0 Å². The average molecular weight is 329 g/mol. The fourth-order valence-corrected chi connectivity index (χ4v) is 1.75. The van der Waals surface area contributed by atoms with Crippen LogP contribution in [0, 0.1) is 10.1 Å². The molecule has 0 aliphatic carbocycles. The zero-order valence-corrected chi connectivity index (χ0v) is 11.4. The van der Waals surface area contributed by atoms with E-state index < -0.39 is 23.6 Å². The lowest BCUT2D eigenvalue weighted by Gasteiger charge is -2.06. The molecular weight excluding hydrogens is 319 g/mol. The third kappa shape index (κ3) is 4.18. The van der Waals surface area contributed by atoms with Gasteiger partial charge in [-0.3, -0.25) is 19.6 Å². The molecule has 2 rings (SSSR count). The number of carbonyl (C=O) groups excluding carboxylic acids is 1. The Labute approximate surface area is 126 Å². The molecule has 2 aromatic rings. The van der Waals surface area contributed by atoms with Gasteiger partial charge in [-0.15, -0.1) is 0 Å². The van der Waals surface area contributed by atoms with Crippen LogP contribution in [0.25, 0.3) is 0 Å². The normalized spacial score (nSPS) is 11.3. The van der Waals surface area contributed by atoms with Crippen molar-refractivity contribution in [3.63, 3.8) is 0 Å². The maximum Gasteiger partial charge on any atom is 0.408 e. The molecule has 3 N–H and O–H groups in total. The van der Waals surface area contributed by atoms with Gasteiger partial charge in [0.2, 0.25) is 0 Å². The Kier molecular flexibility index (Phi) is 4.20. The number of aromatic nitrogens is 2. The van der Waals surface area contributed by atoms with Crippen molar-refractivity contribution in [2.75, 3.05) is 11.1 Å². The van der Waals surface area contributed by atoms with Crippen LogP contribution in [0.3, 0.4) is 0 Å². The molecule has 0 atom stereocenters. The number of non-ortho nitro benzene ring substituents is 1. The first-order valence-electron chi connectivity index (χ1n) is 6.10. The van der Waals surface area contributed by atoms with E-state index in [0.29, 0.717) is 4.68 Å². The number of benzene rings is 1. The number of nitrogens with two attached hydrogens (primary N) is 1. The van der Waals surface area contributed by atoms with E-state index in [1.807, 2.05) is 0 Å². The third-order valence-electron chi connectivity index (χ3n) is 2.72. The zero-order valence-electron chi connectivity index (χ0n) is 11.4. The standard InChI is InChI=1S/C12H10F3N5O3/c13-12(14,15)6-19-5-7(4-17-19)18-11(21)9-3-8(20(22)23)1-2-10(9)16/h1-5H,6,16H2,(H,18,21). The molecule has 1 amide bonds. The molecule has 0 unspecified atom stereocenters. The maximum absolute atomic E-state index is 12.2. The van der Waals surface area contributed by atoms with Gasteiger partial charge in [0.15, 0.2) is 0 Å². The summed E-state index contributed by atoms with van der Waals surface area (Å²) in [5.74, 6) is -0.794. The number of rotatable bonds is 4. The van der Waals surface area contributed by atoms with Crippen LogP contribution in [0.2, 0.25) is 0 Å². The Bertz CT molecular complexity index is 757. The topological polar surface area (TPSA) is 116 Å². The lowest BCUT2D eigenvalue weighted by atomic mass is 10.1. The van der Waals surface area contributed by atoms with Gasteiger partial charge in [0.05, 0.1) is 22.4 Å². The number of nitrogen functional groups attached to an aromatic ring is 1. The maximum atomic E-state index is 12.2. The summed E-state index contributed by atoms with van der Waals surface area (Å²) < 4.78 is 37.3. The van der Waals surface area contributed by atoms with Crippen molar-refractivity contribution in [2.45, 2.75) is 12.7 Å². The molecular formula is C12H10F3N5O3. The summed E-state index contributed by atoms with van der Waals surface area (Å²) in [6.45, 7) is -1.30. The molecule has 1 aromatic carbocycles. The zero-order chi connectivity index (χ0) is 17.2. The number of alkyl halides is 3. The molecule has 11 heteroatoms. The van der Waals surface area contributed by atoms with Gasteiger partial charge >= 0.3 is 6.18 Å². The number of nitro benzene ring substituents is 1. The minimum atomic E-state index is -4.45.